The fourth-order valence-electron chi connectivity index (χ4n) is 1.93. The van der Waals surface area contributed by atoms with E-state index < -0.39 is 6.61 Å². The monoisotopic (exact) mass is 468 g/mol. The zero-order chi connectivity index (χ0) is 17.4. The Hall–Kier alpha value is -2.11. The second-order valence-electron chi connectivity index (χ2n) is 4.62. The molecule has 0 aliphatic rings. The second kappa shape index (κ2) is 10.7. The topological polar surface area (TPSA) is 80.9 Å². The lowest BCUT2D eigenvalue weighted by Gasteiger charge is -2.15. The number of ether oxygens (including phenoxy) is 2. The molecule has 2 rings (SSSR count). The highest BCUT2D eigenvalue weighted by Crippen LogP contribution is 2.25. The first-order valence-electron chi connectivity index (χ1n) is 7.08. The molecule has 7 nitrogen and oxygen atoms in total. The van der Waals surface area contributed by atoms with Crippen LogP contribution in [-0.4, -0.2) is 31.9 Å². The number of hydrogen-bond acceptors (Lipinski definition) is 5. The largest absolute Gasteiger partial charge is 0.497 e. The molecule has 1 heterocycles. The molecule has 0 unspecified atom stereocenters. The number of nitrogens with one attached hydrogen (secondary N) is 2. The van der Waals surface area contributed by atoms with Crippen molar-refractivity contribution in [3.63, 3.8) is 0 Å². The van der Waals surface area contributed by atoms with E-state index in [1.165, 1.54) is 19.4 Å². The maximum atomic E-state index is 12.5. The van der Waals surface area contributed by atoms with E-state index in [2.05, 4.69) is 25.5 Å². The number of hydrogen-bond donors (Lipinski definition) is 2. The first kappa shape index (κ1) is 20.9. The van der Waals surface area contributed by atoms with Crippen LogP contribution in [-0.2, 0) is 13.1 Å². The molecule has 0 radical (unpaired) electrons. The highest BCUT2D eigenvalue weighted by atomic mass is 127. The lowest BCUT2D eigenvalue weighted by molar-refractivity contribution is -0.0504. The first-order chi connectivity index (χ1) is 11.6. The van der Waals surface area contributed by atoms with Gasteiger partial charge in [0.15, 0.2) is 5.96 Å². The summed E-state index contributed by atoms with van der Waals surface area (Å²) in [5.41, 5.74) is 1.22. The van der Waals surface area contributed by atoms with Crippen LogP contribution in [0.5, 0.6) is 11.5 Å². The molecule has 2 N–H and O–H groups in total. The summed E-state index contributed by atoms with van der Waals surface area (Å²) >= 11 is 0. The predicted octanol–water partition coefficient (Wildman–Crippen LogP) is 2.77. The number of methoxy groups -OCH3 is 1. The SMILES string of the molecule is CN=C(NCc1ccon1)NCc1cc(OC)ccc1OC(F)F.I. The van der Waals surface area contributed by atoms with Gasteiger partial charge in [-0.3, -0.25) is 4.99 Å². The van der Waals surface area contributed by atoms with Gasteiger partial charge in [-0.15, -0.1) is 24.0 Å². The molecule has 0 saturated carbocycles. The molecular weight excluding hydrogens is 449 g/mol. The summed E-state index contributed by atoms with van der Waals surface area (Å²) in [6.07, 6.45) is 1.47. The molecule has 0 aliphatic carbocycles. The molecule has 10 heteroatoms. The van der Waals surface area contributed by atoms with E-state index >= 15 is 0 Å². The summed E-state index contributed by atoms with van der Waals surface area (Å²) in [5, 5.41) is 9.81. The Labute approximate surface area is 160 Å². The van der Waals surface area contributed by atoms with Gasteiger partial charge < -0.3 is 24.6 Å². The van der Waals surface area contributed by atoms with Crippen molar-refractivity contribution in [2.75, 3.05) is 14.2 Å². The molecule has 0 spiro atoms. The van der Waals surface area contributed by atoms with Gasteiger partial charge in [-0.05, 0) is 18.2 Å². The lowest BCUT2D eigenvalue weighted by atomic mass is 10.2. The van der Waals surface area contributed by atoms with Crippen LogP contribution in [0.1, 0.15) is 11.3 Å². The van der Waals surface area contributed by atoms with Crippen LogP contribution in [0, 0.1) is 0 Å². The van der Waals surface area contributed by atoms with Crippen molar-refractivity contribution < 1.29 is 22.8 Å². The van der Waals surface area contributed by atoms with Crippen molar-refractivity contribution in [2.24, 2.45) is 4.99 Å². The minimum Gasteiger partial charge on any atom is -0.497 e. The van der Waals surface area contributed by atoms with E-state index in [9.17, 15) is 8.78 Å². The van der Waals surface area contributed by atoms with Crippen LogP contribution in [0.15, 0.2) is 40.0 Å². The molecular formula is C15H19F2IN4O3. The molecule has 0 bridgehead atoms. The van der Waals surface area contributed by atoms with E-state index in [1.54, 1.807) is 25.2 Å². The van der Waals surface area contributed by atoms with Gasteiger partial charge >= 0.3 is 6.61 Å². The minimum absolute atomic E-state index is 0. The third-order valence-electron chi connectivity index (χ3n) is 3.08. The van der Waals surface area contributed by atoms with Crippen LogP contribution in [0.2, 0.25) is 0 Å². The number of guanidine groups is 1. The molecule has 0 saturated heterocycles. The third kappa shape index (κ3) is 6.72. The average molecular weight is 468 g/mol. The van der Waals surface area contributed by atoms with Gasteiger partial charge in [-0.1, -0.05) is 5.16 Å². The fraction of sp³-hybridized carbons (Fsp3) is 0.333. The van der Waals surface area contributed by atoms with E-state index in [4.69, 9.17) is 9.26 Å². The number of benzene rings is 1. The van der Waals surface area contributed by atoms with Crippen LogP contribution in [0.4, 0.5) is 8.78 Å². The van der Waals surface area contributed by atoms with Crippen molar-refractivity contribution in [1.29, 1.82) is 0 Å². The maximum Gasteiger partial charge on any atom is 0.387 e. The molecule has 138 valence electrons. The highest BCUT2D eigenvalue weighted by molar-refractivity contribution is 14.0. The summed E-state index contributed by atoms with van der Waals surface area (Å²) in [5.74, 6) is 1.09. The van der Waals surface area contributed by atoms with E-state index in [-0.39, 0.29) is 36.3 Å². The molecule has 0 fully saturated rings. The zero-order valence-electron chi connectivity index (χ0n) is 13.7. The van der Waals surface area contributed by atoms with E-state index in [0.29, 0.717) is 29.5 Å². The van der Waals surface area contributed by atoms with E-state index in [0.717, 1.165) is 0 Å². The van der Waals surface area contributed by atoms with Gasteiger partial charge in [0.05, 0.1) is 13.7 Å². The lowest BCUT2D eigenvalue weighted by Crippen LogP contribution is -2.36. The summed E-state index contributed by atoms with van der Waals surface area (Å²) < 4.78 is 39.4. The van der Waals surface area contributed by atoms with Crippen molar-refractivity contribution in [2.45, 2.75) is 19.7 Å². The van der Waals surface area contributed by atoms with Crippen molar-refractivity contribution in [3.8, 4) is 11.5 Å². The summed E-state index contributed by atoms with van der Waals surface area (Å²) in [6.45, 7) is -2.27. The molecule has 1 aromatic carbocycles. The van der Waals surface area contributed by atoms with Crippen LogP contribution in [0.25, 0.3) is 0 Å². The Morgan fingerprint density at radius 2 is 2.04 bits per heavy atom. The predicted molar refractivity (Wildman–Crippen MR) is 98.6 cm³/mol. The van der Waals surface area contributed by atoms with Gasteiger partial charge in [0.25, 0.3) is 0 Å². The average Bonchev–Trinajstić information content (AvgIpc) is 3.09. The molecule has 1 aromatic heterocycles. The normalized spacial score (nSPS) is 11.0. The number of aliphatic imine (C=N–C) groups is 1. The van der Waals surface area contributed by atoms with Crippen molar-refractivity contribution >= 4 is 29.9 Å². The number of nitrogens with zero attached hydrogens (tertiary/aromatic N) is 2. The van der Waals surface area contributed by atoms with Gasteiger partial charge in [-0.2, -0.15) is 8.78 Å². The Morgan fingerprint density at radius 3 is 2.64 bits per heavy atom. The number of rotatable bonds is 7. The molecule has 0 atom stereocenters. The summed E-state index contributed by atoms with van der Waals surface area (Å²) in [6, 6.07) is 6.33. The molecule has 0 aliphatic heterocycles. The Morgan fingerprint density at radius 1 is 1.28 bits per heavy atom. The molecule has 25 heavy (non-hydrogen) atoms. The van der Waals surface area contributed by atoms with E-state index in [1.807, 2.05) is 0 Å². The zero-order valence-corrected chi connectivity index (χ0v) is 16.0. The standard InChI is InChI=1S/C15H18F2N4O3.HI/c1-18-15(20-9-11-5-6-23-21-11)19-8-10-7-12(22-2)3-4-13(10)24-14(16)17;/h3-7,14H,8-9H2,1-2H3,(H2,18,19,20);1H. The fourth-order valence-corrected chi connectivity index (χ4v) is 1.93. The second-order valence-corrected chi connectivity index (χ2v) is 4.62. The third-order valence-corrected chi connectivity index (χ3v) is 3.08. The highest BCUT2D eigenvalue weighted by Gasteiger charge is 2.11. The van der Waals surface area contributed by atoms with Crippen LogP contribution < -0.4 is 20.1 Å². The van der Waals surface area contributed by atoms with Crippen molar-refractivity contribution in [1.82, 2.24) is 15.8 Å². The Kier molecular flexibility index (Phi) is 8.95. The van der Waals surface area contributed by atoms with Gasteiger partial charge in [-0.25, -0.2) is 0 Å². The minimum atomic E-state index is -2.90. The number of halogens is 3. The quantitative estimate of drug-likeness (QED) is 0.370. The van der Waals surface area contributed by atoms with Crippen LogP contribution in [0.3, 0.4) is 0 Å². The summed E-state index contributed by atoms with van der Waals surface area (Å²) in [7, 11) is 3.10. The number of alkyl halides is 2. The van der Waals surface area contributed by atoms with Gasteiger partial charge in [0.1, 0.15) is 23.5 Å². The first-order valence-corrected chi connectivity index (χ1v) is 7.08. The maximum absolute atomic E-state index is 12.5. The van der Waals surface area contributed by atoms with Crippen LogP contribution >= 0.6 is 24.0 Å². The molecule has 2 aromatic rings. The van der Waals surface area contributed by atoms with Crippen molar-refractivity contribution in [3.05, 3.63) is 41.8 Å². The summed E-state index contributed by atoms with van der Waals surface area (Å²) in [4.78, 5) is 4.05. The smallest absolute Gasteiger partial charge is 0.387 e. The Bertz CT molecular complexity index is 669. The number of aromatic nitrogens is 1. The molecule has 0 amide bonds. The van der Waals surface area contributed by atoms with Gasteiger partial charge in [0.2, 0.25) is 0 Å². The van der Waals surface area contributed by atoms with Gasteiger partial charge in [0, 0.05) is 25.2 Å². The Balaban J connectivity index is 0.00000312.